The highest BCUT2D eigenvalue weighted by Crippen LogP contribution is 2.42. The smallest absolute Gasteiger partial charge is 0.417 e. The van der Waals surface area contributed by atoms with Gasteiger partial charge in [0.1, 0.15) is 11.9 Å². The number of hydrogen-bond acceptors (Lipinski definition) is 6. The third-order valence-corrected chi connectivity index (χ3v) is 16.4. The maximum Gasteiger partial charge on any atom is 0.417 e. The topological polar surface area (TPSA) is 82.1 Å². The lowest BCUT2D eigenvalue weighted by Gasteiger charge is -2.47. The second-order valence-corrected chi connectivity index (χ2v) is 23.0. The Labute approximate surface area is 209 Å². The Morgan fingerprint density at radius 2 is 1.44 bits per heavy atom. The highest BCUT2D eigenvalue weighted by Gasteiger charge is 2.51. The van der Waals surface area contributed by atoms with Gasteiger partial charge >= 0.3 is 6.09 Å². The zero-order valence-electron chi connectivity index (χ0n) is 23.8. The molecule has 0 saturated carbocycles. The van der Waals surface area contributed by atoms with Crippen LogP contribution < -0.4 is 0 Å². The van der Waals surface area contributed by atoms with Crippen LogP contribution in [0, 0.1) is 0 Å². The van der Waals surface area contributed by atoms with Crippen molar-refractivity contribution >= 4 is 34.9 Å². The van der Waals surface area contributed by atoms with Crippen molar-refractivity contribution in [3.63, 3.8) is 0 Å². The fraction of sp³-hybridized carbons (Fsp3) is 0.880. The van der Waals surface area contributed by atoms with Crippen LogP contribution in [0.4, 0.5) is 4.79 Å². The average Bonchev–Trinajstić information content (AvgIpc) is 2.97. The largest absolute Gasteiger partial charge is 0.443 e. The Hall–Kier alpha value is -1.04. The van der Waals surface area contributed by atoms with E-state index in [-0.39, 0.29) is 28.8 Å². The maximum atomic E-state index is 13.1. The van der Waals surface area contributed by atoms with E-state index < -0.39 is 46.6 Å². The zero-order chi connectivity index (χ0) is 26.9. The van der Waals surface area contributed by atoms with Gasteiger partial charge < -0.3 is 18.4 Å². The third-order valence-electron chi connectivity index (χ3n) is 7.41. The fourth-order valence-corrected chi connectivity index (χ4v) is 6.07. The molecule has 1 rings (SSSR count). The Bertz CT molecular complexity index is 746. The van der Waals surface area contributed by atoms with E-state index in [4.69, 9.17) is 13.6 Å². The van der Waals surface area contributed by atoms with Crippen LogP contribution in [0.5, 0.6) is 0 Å². The number of ether oxygens (including phenoxy) is 1. The Kier molecular flexibility index (Phi) is 9.59. The quantitative estimate of drug-likeness (QED) is 0.279. The molecule has 1 saturated heterocycles. The monoisotopic (exact) mass is 515 g/mol. The molecule has 1 heterocycles. The second-order valence-electron chi connectivity index (χ2n) is 13.5. The van der Waals surface area contributed by atoms with Gasteiger partial charge in [0.05, 0.1) is 18.2 Å². The highest BCUT2D eigenvalue weighted by molar-refractivity contribution is 6.74. The number of aldehydes is 1. The molecule has 1 fully saturated rings. The van der Waals surface area contributed by atoms with Crippen LogP contribution in [-0.2, 0) is 23.2 Å². The van der Waals surface area contributed by atoms with Crippen LogP contribution in [0.25, 0.3) is 0 Å². The average molecular weight is 516 g/mol. The van der Waals surface area contributed by atoms with E-state index in [9.17, 15) is 14.4 Å². The van der Waals surface area contributed by atoms with Crippen LogP contribution in [0.3, 0.4) is 0 Å². The highest BCUT2D eigenvalue weighted by atomic mass is 28.4. The van der Waals surface area contributed by atoms with Crippen molar-refractivity contribution in [1.82, 2.24) is 4.90 Å². The van der Waals surface area contributed by atoms with Gasteiger partial charge in [-0.05, 0) is 63.5 Å². The molecular weight excluding hydrogens is 466 g/mol. The van der Waals surface area contributed by atoms with E-state index in [0.717, 1.165) is 6.29 Å². The molecule has 0 aromatic rings. The van der Waals surface area contributed by atoms with Gasteiger partial charge in [-0.25, -0.2) is 9.69 Å². The van der Waals surface area contributed by atoms with E-state index in [2.05, 4.69) is 67.7 Å². The molecule has 0 bridgehead atoms. The van der Waals surface area contributed by atoms with Crippen molar-refractivity contribution in [3.05, 3.63) is 0 Å². The summed E-state index contributed by atoms with van der Waals surface area (Å²) in [7, 11) is -4.64. The van der Waals surface area contributed by atoms with Gasteiger partial charge in [-0.15, -0.1) is 0 Å². The first-order valence-electron chi connectivity index (χ1n) is 12.4. The second kappa shape index (κ2) is 10.5. The lowest BCUT2D eigenvalue weighted by atomic mass is 10.0. The molecule has 0 aromatic carbocycles. The van der Waals surface area contributed by atoms with Crippen molar-refractivity contribution in [2.75, 3.05) is 0 Å². The summed E-state index contributed by atoms with van der Waals surface area (Å²) in [6.45, 7) is 26.8. The zero-order valence-corrected chi connectivity index (χ0v) is 25.8. The van der Waals surface area contributed by atoms with Crippen LogP contribution in [-0.4, -0.2) is 63.7 Å². The summed E-state index contributed by atoms with van der Waals surface area (Å²) in [6.07, 6.45) is -0.163. The van der Waals surface area contributed by atoms with Gasteiger partial charge in [0.15, 0.2) is 16.6 Å². The molecule has 3 atom stereocenters. The van der Waals surface area contributed by atoms with Crippen LogP contribution >= 0.6 is 0 Å². The number of rotatable bonds is 8. The molecule has 1 aliphatic rings. The molecule has 7 nitrogen and oxygen atoms in total. The lowest BCUT2D eigenvalue weighted by molar-refractivity contribution is -0.130. The van der Waals surface area contributed by atoms with Gasteiger partial charge in [0.25, 0.3) is 0 Å². The van der Waals surface area contributed by atoms with E-state index >= 15 is 0 Å². The van der Waals surface area contributed by atoms with Crippen molar-refractivity contribution < 1.29 is 28.0 Å². The summed E-state index contributed by atoms with van der Waals surface area (Å²) in [5, 5.41) is -0.181. The molecule has 9 heteroatoms. The summed E-state index contributed by atoms with van der Waals surface area (Å²) in [4.78, 5) is 39.0. The predicted molar refractivity (Wildman–Crippen MR) is 141 cm³/mol. The summed E-state index contributed by atoms with van der Waals surface area (Å²) in [5.74, 6) is -0.278. The fourth-order valence-electron chi connectivity index (χ4n) is 3.38. The SMILES string of the molecule is CC(C)(C)OC(=O)N1C(=O)CC[C@@H]1[C@H](O[Si](C)(C)C(C)(C)C)[C@@H](CC=O)O[Si](C)(C)C(C)(C)C. The number of hydrogen-bond donors (Lipinski definition) is 0. The van der Waals surface area contributed by atoms with E-state index in [0.29, 0.717) is 6.42 Å². The van der Waals surface area contributed by atoms with Gasteiger partial charge in [-0.2, -0.15) is 0 Å². The van der Waals surface area contributed by atoms with Gasteiger partial charge in [-0.1, -0.05) is 41.5 Å². The molecule has 0 spiro atoms. The van der Waals surface area contributed by atoms with E-state index in [1.165, 1.54) is 4.90 Å². The molecule has 0 radical (unpaired) electrons. The maximum absolute atomic E-state index is 13.1. The first kappa shape index (κ1) is 31.0. The Morgan fingerprint density at radius 3 is 1.85 bits per heavy atom. The third kappa shape index (κ3) is 7.73. The van der Waals surface area contributed by atoms with Crippen molar-refractivity contribution in [3.8, 4) is 0 Å². The van der Waals surface area contributed by atoms with Crippen molar-refractivity contribution in [2.45, 2.75) is 142 Å². The van der Waals surface area contributed by atoms with E-state index in [1.54, 1.807) is 20.8 Å². The first-order valence-corrected chi connectivity index (χ1v) is 18.2. The van der Waals surface area contributed by atoms with Crippen LogP contribution in [0.1, 0.15) is 81.6 Å². The molecular formula is C25H49NO6Si2. The van der Waals surface area contributed by atoms with E-state index in [1.807, 2.05) is 0 Å². The van der Waals surface area contributed by atoms with Gasteiger partial charge in [-0.3, -0.25) is 4.79 Å². The standard InChI is InChI=1S/C25H49NO6Si2/c1-23(2,3)30-22(29)26-18(14-15-20(26)28)21(32-34(12,13)25(7,8)9)19(16-17-27)31-33(10,11)24(4,5)6/h17-19,21H,14-16H2,1-13H3/t18-,19-,21+/m1/s1. The van der Waals surface area contributed by atoms with Gasteiger partial charge in [0.2, 0.25) is 5.91 Å². The number of carbonyl (C=O) groups is 3. The lowest BCUT2D eigenvalue weighted by Crippen LogP contribution is -2.59. The molecule has 2 amide bonds. The first-order chi connectivity index (χ1) is 15.0. The van der Waals surface area contributed by atoms with Crippen molar-refractivity contribution in [1.29, 1.82) is 0 Å². The summed E-state index contributed by atoms with van der Waals surface area (Å²) in [6, 6.07) is -0.550. The minimum atomic E-state index is -2.35. The predicted octanol–water partition coefficient (Wildman–Crippen LogP) is 6.28. The molecule has 1 aliphatic heterocycles. The minimum Gasteiger partial charge on any atom is -0.443 e. The summed E-state index contributed by atoms with van der Waals surface area (Å²) in [5.41, 5.74) is -0.736. The van der Waals surface area contributed by atoms with Crippen molar-refractivity contribution in [2.24, 2.45) is 0 Å². The molecule has 0 aromatic heterocycles. The van der Waals surface area contributed by atoms with Crippen LogP contribution in [0.2, 0.25) is 36.3 Å². The molecule has 198 valence electrons. The number of amides is 2. The Balaban J connectivity index is 3.55. The summed E-state index contributed by atoms with van der Waals surface area (Å²) < 4.78 is 19.2. The minimum absolute atomic E-state index is 0.0774. The number of imide groups is 1. The number of nitrogens with zero attached hydrogens (tertiary/aromatic N) is 1. The normalized spacial score (nSPS) is 20.3. The number of carbonyl (C=O) groups excluding carboxylic acids is 3. The Morgan fingerprint density at radius 1 is 0.971 bits per heavy atom. The molecule has 0 N–H and O–H groups in total. The number of likely N-dealkylation sites (tertiary alicyclic amines) is 1. The molecule has 0 aliphatic carbocycles. The van der Waals surface area contributed by atoms with Crippen LogP contribution in [0.15, 0.2) is 0 Å². The molecule has 0 unspecified atom stereocenters. The molecule has 34 heavy (non-hydrogen) atoms. The summed E-state index contributed by atoms with van der Waals surface area (Å²) >= 11 is 0. The van der Waals surface area contributed by atoms with Gasteiger partial charge in [0, 0.05) is 12.8 Å².